The average Bonchev–Trinajstić information content (AvgIpc) is 3.21. The van der Waals surface area contributed by atoms with E-state index in [0.29, 0.717) is 22.7 Å². The van der Waals surface area contributed by atoms with Crippen LogP contribution in [0, 0.1) is 5.82 Å². The van der Waals surface area contributed by atoms with E-state index in [-0.39, 0.29) is 21.2 Å². The summed E-state index contributed by atoms with van der Waals surface area (Å²) >= 11 is 1.06. The third kappa shape index (κ3) is 5.30. The zero-order chi connectivity index (χ0) is 26.7. The Bertz CT molecular complexity index is 1610. The van der Waals surface area contributed by atoms with Crippen molar-refractivity contribution in [3.8, 4) is 11.5 Å². The van der Waals surface area contributed by atoms with Crippen LogP contribution in [0.2, 0.25) is 0 Å². The first-order chi connectivity index (χ1) is 17.7. The molecule has 0 atom stereocenters. The maximum absolute atomic E-state index is 13.6. The summed E-state index contributed by atoms with van der Waals surface area (Å²) in [5, 5.41) is 2.69. The van der Waals surface area contributed by atoms with Crippen molar-refractivity contribution < 1.29 is 27.1 Å². The van der Waals surface area contributed by atoms with Gasteiger partial charge in [-0.15, -0.1) is 0 Å². The van der Waals surface area contributed by atoms with E-state index in [0.717, 1.165) is 33.3 Å². The highest BCUT2D eigenvalue weighted by Crippen LogP contribution is 2.32. The standard InChI is InChI=1S/C25H24FN3O6S2/c1-4-28-20-11-7-17(13-23(20)36-25(28)31)27-24(30)15-29(18-8-5-16(26)6-9-18)37(32,33)19-10-12-21(34-2)22(14-19)35-3/h5-14H,4,15H2,1-3H3,(H,27,30). The molecular weight excluding hydrogens is 521 g/mol. The second kappa shape index (κ2) is 10.6. The molecule has 4 aromatic rings. The Morgan fingerprint density at radius 2 is 1.73 bits per heavy atom. The van der Waals surface area contributed by atoms with Crippen molar-refractivity contribution in [2.45, 2.75) is 18.4 Å². The third-order valence-corrected chi connectivity index (χ3v) is 8.32. The summed E-state index contributed by atoms with van der Waals surface area (Å²) in [6.07, 6.45) is 0. The number of carbonyl (C=O) groups is 1. The molecule has 12 heteroatoms. The Morgan fingerprint density at radius 1 is 1.03 bits per heavy atom. The second-order valence-corrected chi connectivity index (χ2v) is 10.7. The monoisotopic (exact) mass is 545 g/mol. The first-order valence-corrected chi connectivity index (χ1v) is 13.4. The molecule has 0 aliphatic rings. The molecule has 0 saturated heterocycles. The minimum absolute atomic E-state index is 0.0972. The summed E-state index contributed by atoms with van der Waals surface area (Å²) in [4.78, 5) is 24.9. The summed E-state index contributed by atoms with van der Waals surface area (Å²) < 4.78 is 54.5. The normalized spacial score (nSPS) is 11.4. The van der Waals surface area contributed by atoms with Gasteiger partial charge in [0.2, 0.25) is 5.91 Å². The number of methoxy groups -OCH3 is 2. The van der Waals surface area contributed by atoms with E-state index in [2.05, 4.69) is 5.32 Å². The van der Waals surface area contributed by atoms with Crippen LogP contribution in [0.15, 0.2) is 70.4 Å². The van der Waals surface area contributed by atoms with Crippen molar-refractivity contribution in [3.05, 3.63) is 76.1 Å². The van der Waals surface area contributed by atoms with E-state index >= 15 is 0 Å². The molecule has 0 aliphatic carbocycles. The summed E-state index contributed by atoms with van der Waals surface area (Å²) in [5.74, 6) is -0.654. The number of rotatable bonds is 9. The largest absolute Gasteiger partial charge is 0.493 e. The van der Waals surface area contributed by atoms with Gasteiger partial charge in [-0.05, 0) is 61.5 Å². The molecular formula is C25H24FN3O6S2. The van der Waals surface area contributed by atoms with Crippen molar-refractivity contribution in [3.63, 3.8) is 0 Å². The van der Waals surface area contributed by atoms with Crippen molar-refractivity contribution in [2.75, 3.05) is 30.4 Å². The Hall–Kier alpha value is -3.90. The fourth-order valence-electron chi connectivity index (χ4n) is 3.80. The molecule has 9 nitrogen and oxygen atoms in total. The van der Waals surface area contributed by atoms with Gasteiger partial charge in [0.15, 0.2) is 11.5 Å². The van der Waals surface area contributed by atoms with E-state index in [1.165, 1.54) is 44.6 Å². The van der Waals surface area contributed by atoms with Crippen LogP contribution in [0.25, 0.3) is 10.2 Å². The maximum Gasteiger partial charge on any atom is 0.308 e. The predicted octanol–water partition coefficient (Wildman–Crippen LogP) is 4.07. The molecule has 0 fully saturated rings. The molecule has 0 saturated carbocycles. The van der Waals surface area contributed by atoms with Crippen LogP contribution >= 0.6 is 11.3 Å². The van der Waals surface area contributed by atoms with Crippen LogP contribution in [-0.2, 0) is 21.4 Å². The number of amides is 1. The number of nitrogens with one attached hydrogen (secondary N) is 1. The number of carbonyl (C=O) groups excluding carboxylic acids is 1. The molecule has 0 bridgehead atoms. The van der Waals surface area contributed by atoms with Gasteiger partial charge < -0.3 is 14.8 Å². The van der Waals surface area contributed by atoms with Crippen molar-refractivity contribution in [2.24, 2.45) is 0 Å². The van der Waals surface area contributed by atoms with E-state index < -0.39 is 28.3 Å². The van der Waals surface area contributed by atoms with E-state index in [1.54, 1.807) is 22.8 Å². The van der Waals surface area contributed by atoms with Gasteiger partial charge >= 0.3 is 4.87 Å². The highest BCUT2D eigenvalue weighted by atomic mass is 32.2. The smallest absolute Gasteiger partial charge is 0.308 e. The zero-order valence-corrected chi connectivity index (χ0v) is 21.9. The highest BCUT2D eigenvalue weighted by molar-refractivity contribution is 7.92. The van der Waals surface area contributed by atoms with Crippen LogP contribution in [-0.4, -0.2) is 39.7 Å². The van der Waals surface area contributed by atoms with Gasteiger partial charge in [0.1, 0.15) is 12.4 Å². The number of thiazole rings is 1. The maximum atomic E-state index is 13.6. The average molecular weight is 546 g/mol. The lowest BCUT2D eigenvalue weighted by Crippen LogP contribution is -2.38. The van der Waals surface area contributed by atoms with Gasteiger partial charge in [0.25, 0.3) is 10.0 Å². The second-order valence-electron chi connectivity index (χ2n) is 7.85. The highest BCUT2D eigenvalue weighted by Gasteiger charge is 2.28. The van der Waals surface area contributed by atoms with Crippen molar-refractivity contribution >= 4 is 48.9 Å². The molecule has 37 heavy (non-hydrogen) atoms. The first kappa shape index (κ1) is 26.2. The quantitative estimate of drug-likeness (QED) is 0.340. The molecule has 0 spiro atoms. The fourth-order valence-corrected chi connectivity index (χ4v) is 6.23. The lowest BCUT2D eigenvalue weighted by atomic mass is 10.3. The molecule has 3 aromatic carbocycles. The Kier molecular flexibility index (Phi) is 7.50. The summed E-state index contributed by atoms with van der Waals surface area (Å²) in [6, 6.07) is 13.9. The molecule has 194 valence electrons. The van der Waals surface area contributed by atoms with Crippen molar-refractivity contribution in [1.82, 2.24) is 4.57 Å². The number of halogens is 1. The fraction of sp³-hybridized carbons (Fsp3) is 0.200. The zero-order valence-electron chi connectivity index (χ0n) is 20.2. The van der Waals surface area contributed by atoms with Crippen LogP contribution in [0.5, 0.6) is 11.5 Å². The van der Waals surface area contributed by atoms with Gasteiger partial charge in [-0.1, -0.05) is 11.3 Å². The van der Waals surface area contributed by atoms with Gasteiger partial charge in [-0.2, -0.15) is 0 Å². The van der Waals surface area contributed by atoms with Crippen LogP contribution in [0.1, 0.15) is 6.92 Å². The summed E-state index contributed by atoms with van der Waals surface area (Å²) in [6.45, 7) is 1.80. The molecule has 4 rings (SSSR count). The number of ether oxygens (including phenoxy) is 2. The molecule has 1 aromatic heterocycles. The van der Waals surface area contributed by atoms with Crippen molar-refractivity contribution in [1.29, 1.82) is 0 Å². The Morgan fingerprint density at radius 3 is 2.38 bits per heavy atom. The molecule has 1 N–H and O–H groups in total. The van der Waals surface area contributed by atoms with Crippen LogP contribution < -0.4 is 24.0 Å². The molecule has 0 radical (unpaired) electrons. The number of nitrogens with zero attached hydrogens (tertiary/aromatic N) is 2. The number of sulfonamides is 1. The molecule has 1 heterocycles. The SMILES string of the molecule is CCn1c(=O)sc2cc(NC(=O)CN(c3ccc(F)cc3)S(=O)(=O)c3ccc(OC)c(OC)c3)ccc21. The number of hydrogen-bond donors (Lipinski definition) is 1. The minimum Gasteiger partial charge on any atom is -0.493 e. The van der Waals surface area contributed by atoms with Gasteiger partial charge in [0, 0.05) is 18.3 Å². The van der Waals surface area contributed by atoms with E-state index in [1.807, 2.05) is 6.92 Å². The number of aryl methyl sites for hydroxylation is 1. The van der Waals surface area contributed by atoms with E-state index in [9.17, 15) is 22.4 Å². The number of fused-ring (bicyclic) bond motifs is 1. The lowest BCUT2D eigenvalue weighted by Gasteiger charge is -2.24. The summed E-state index contributed by atoms with van der Waals surface area (Å²) in [7, 11) is -1.48. The number of anilines is 2. The minimum atomic E-state index is -4.28. The number of hydrogen-bond acceptors (Lipinski definition) is 7. The molecule has 1 amide bonds. The van der Waals surface area contributed by atoms with Crippen LogP contribution in [0.4, 0.5) is 15.8 Å². The Balaban J connectivity index is 1.67. The predicted molar refractivity (Wildman–Crippen MR) is 141 cm³/mol. The Labute approximate surface area is 216 Å². The first-order valence-electron chi connectivity index (χ1n) is 11.1. The lowest BCUT2D eigenvalue weighted by molar-refractivity contribution is -0.114. The van der Waals surface area contributed by atoms with Gasteiger partial charge in [0.05, 0.1) is 35.0 Å². The number of aromatic nitrogens is 1. The molecule has 0 unspecified atom stereocenters. The van der Waals surface area contributed by atoms with E-state index in [4.69, 9.17) is 9.47 Å². The van der Waals surface area contributed by atoms with Crippen LogP contribution in [0.3, 0.4) is 0 Å². The third-order valence-electron chi connectivity index (χ3n) is 5.61. The topological polar surface area (TPSA) is 107 Å². The summed E-state index contributed by atoms with van der Waals surface area (Å²) in [5.41, 5.74) is 1.25. The van der Waals surface area contributed by atoms with Gasteiger partial charge in [-0.25, -0.2) is 12.8 Å². The van der Waals surface area contributed by atoms with Gasteiger partial charge in [-0.3, -0.25) is 18.5 Å². The molecule has 0 aliphatic heterocycles. The number of benzene rings is 3.